The van der Waals surface area contributed by atoms with E-state index >= 15 is 0 Å². The van der Waals surface area contributed by atoms with Crippen LogP contribution in [0.1, 0.15) is 11.1 Å². The standard InChI is InChI=1S/C29H23ClN6O/c30-24-17-31-28-33-21-8-3-5-18(15-21)11-12-20-16-22(32-27(24)36-28)13-14-25(20)34-29(37)35-26-10-4-7-19-6-1-2-9-23(19)26/h1-10,13-17H,11-12H2,(H2,34,35,37)(H2,31,32,33,36). The van der Waals surface area contributed by atoms with Gasteiger partial charge in [-0.15, -0.1) is 0 Å². The number of halogens is 1. The Morgan fingerprint density at radius 1 is 0.811 bits per heavy atom. The molecule has 4 aromatic carbocycles. The van der Waals surface area contributed by atoms with Crippen molar-refractivity contribution in [2.75, 3.05) is 21.3 Å². The summed E-state index contributed by atoms with van der Waals surface area (Å²) in [7, 11) is 0. The molecular weight excluding hydrogens is 484 g/mol. The Morgan fingerprint density at radius 3 is 2.57 bits per heavy atom. The number of hydrogen-bond donors (Lipinski definition) is 4. The van der Waals surface area contributed by atoms with Gasteiger partial charge in [-0.3, -0.25) is 0 Å². The lowest BCUT2D eigenvalue weighted by Crippen LogP contribution is -2.20. The maximum absolute atomic E-state index is 13.0. The van der Waals surface area contributed by atoms with Gasteiger partial charge in [0, 0.05) is 22.4 Å². The summed E-state index contributed by atoms with van der Waals surface area (Å²) in [6.07, 6.45) is 3.08. The second-order valence-electron chi connectivity index (χ2n) is 8.82. The van der Waals surface area contributed by atoms with Crippen molar-refractivity contribution in [3.63, 3.8) is 0 Å². The number of aromatic nitrogens is 2. The molecule has 182 valence electrons. The summed E-state index contributed by atoms with van der Waals surface area (Å²) < 4.78 is 0. The molecule has 1 aromatic heterocycles. The fraction of sp³-hybridized carbons (Fsp3) is 0.0690. The van der Waals surface area contributed by atoms with E-state index < -0.39 is 0 Å². The van der Waals surface area contributed by atoms with Crippen LogP contribution in [-0.2, 0) is 12.8 Å². The van der Waals surface area contributed by atoms with E-state index in [0.717, 1.165) is 57.5 Å². The summed E-state index contributed by atoms with van der Waals surface area (Å²) in [4.78, 5) is 21.9. The van der Waals surface area contributed by atoms with Gasteiger partial charge >= 0.3 is 6.03 Å². The van der Waals surface area contributed by atoms with Crippen molar-refractivity contribution in [2.45, 2.75) is 12.8 Å². The molecule has 1 aliphatic heterocycles. The molecule has 0 atom stereocenters. The average molecular weight is 507 g/mol. The molecule has 1 aliphatic rings. The highest BCUT2D eigenvalue weighted by Gasteiger charge is 2.13. The van der Waals surface area contributed by atoms with Crippen LogP contribution in [0.25, 0.3) is 10.8 Å². The van der Waals surface area contributed by atoms with Crippen LogP contribution in [0.2, 0.25) is 5.02 Å². The minimum Gasteiger partial charge on any atom is -0.339 e. The molecule has 0 saturated heterocycles. The van der Waals surface area contributed by atoms with Gasteiger partial charge in [-0.25, -0.2) is 9.78 Å². The highest BCUT2D eigenvalue weighted by atomic mass is 35.5. The van der Waals surface area contributed by atoms with E-state index in [4.69, 9.17) is 11.6 Å². The number of aryl methyl sites for hydroxylation is 2. The number of urea groups is 1. The lowest BCUT2D eigenvalue weighted by molar-refractivity contribution is 0.262. The van der Waals surface area contributed by atoms with Crippen LogP contribution in [0.15, 0.2) is 91.1 Å². The van der Waals surface area contributed by atoms with Crippen molar-refractivity contribution in [2.24, 2.45) is 0 Å². The number of benzene rings is 4. The molecule has 0 unspecified atom stereocenters. The SMILES string of the molecule is O=C(Nc1ccc2cc1CCc1cccc(c1)Nc1ncc(Cl)c(n1)N2)Nc1cccc2ccccc12. The number of nitrogens with one attached hydrogen (secondary N) is 4. The molecular formula is C29H23ClN6O. The molecule has 5 aromatic rings. The second kappa shape index (κ2) is 9.79. The van der Waals surface area contributed by atoms with Gasteiger partial charge in [-0.2, -0.15) is 4.98 Å². The van der Waals surface area contributed by atoms with E-state index in [2.05, 4.69) is 43.4 Å². The van der Waals surface area contributed by atoms with Gasteiger partial charge in [0.25, 0.3) is 0 Å². The van der Waals surface area contributed by atoms with E-state index in [-0.39, 0.29) is 6.03 Å². The van der Waals surface area contributed by atoms with Crippen LogP contribution < -0.4 is 21.3 Å². The zero-order valence-corrected chi connectivity index (χ0v) is 20.5. The van der Waals surface area contributed by atoms with Gasteiger partial charge in [0.1, 0.15) is 5.02 Å². The summed E-state index contributed by atoms with van der Waals surface area (Å²) in [5, 5.41) is 15.0. The number of fused-ring (bicyclic) bond motifs is 7. The fourth-order valence-corrected chi connectivity index (χ4v) is 4.61. The van der Waals surface area contributed by atoms with Crippen LogP contribution in [0.3, 0.4) is 0 Å². The van der Waals surface area contributed by atoms with Crippen molar-refractivity contribution in [3.8, 4) is 0 Å². The molecule has 4 N–H and O–H groups in total. The highest BCUT2D eigenvalue weighted by molar-refractivity contribution is 6.32. The van der Waals surface area contributed by atoms with Gasteiger partial charge in [-0.1, -0.05) is 60.1 Å². The number of hydrogen-bond acceptors (Lipinski definition) is 5. The Labute approximate surface area is 218 Å². The Balaban J connectivity index is 1.31. The molecule has 8 heteroatoms. The zero-order chi connectivity index (χ0) is 25.2. The first-order valence-corrected chi connectivity index (χ1v) is 12.3. The second-order valence-corrected chi connectivity index (χ2v) is 9.23. The largest absolute Gasteiger partial charge is 0.339 e. The quantitative estimate of drug-likeness (QED) is 0.199. The number of carbonyl (C=O) groups excluding carboxylic acids is 1. The van der Waals surface area contributed by atoms with Crippen molar-refractivity contribution < 1.29 is 4.79 Å². The first-order chi connectivity index (χ1) is 18.1. The molecule has 6 bridgehead atoms. The Bertz CT molecular complexity index is 1630. The van der Waals surface area contributed by atoms with Gasteiger partial charge < -0.3 is 21.3 Å². The van der Waals surface area contributed by atoms with Crippen LogP contribution in [-0.4, -0.2) is 16.0 Å². The summed E-state index contributed by atoms with van der Waals surface area (Å²) >= 11 is 6.37. The maximum atomic E-state index is 13.0. The monoisotopic (exact) mass is 506 g/mol. The number of amides is 2. The van der Waals surface area contributed by atoms with Crippen molar-refractivity contribution in [1.82, 2.24) is 9.97 Å². The van der Waals surface area contributed by atoms with Crippen molar-refractivity contribution in [1.29, 1.82) is 0 Å². The van der Waals surface area contributed by atoms with E-state index in [9.17, 15) is 4.79 Å². The molecule has 0 radical (unpaired) electrons. The lowest BCUT2D eigenvalue weighted by atomic mass is 10.0. The van der Waals surface area contributed by atoms with Gasteiger partial charge in [-0.05, 0) is 65.8 Å². The van der Waals surface area contributed by atoms with Gasteiger partial charge in [0.15, 0.2) is 5.82 Å². The molecule has 2 heterocycles. The van der Waals surface area contributed by atoms with E-state index in [1.54, 1.807) is 6.20 Å². The molecule has 0 aliphatic carbocycles. The smallest absolute Gasteiger partial charge is 0.323 e. The predicted octanol–water partition coefficient (Wildman–Crippen LogP) is 7.51. The van der Waals surface area contributed by atoms with Crippen LogP contribution in [0.4, 0.5) is 39.3 Å². The number of carbonyl (C=O) groups is 1. The summed E-state index contributed by atoms with van der Waals surface area (Å²) in [6.45, 7) is 0. The van der Waals surface area contributed by atoms with Gasteiger partial charge in [0.05, 0.1) is 11.9 Å². The summed E-state index contributed by atoms with van der Waals surface area (Å²) in [6, 6.07) is 27.5. The molecule has 2 amide bonds. The minimum absolute atomic E-state index is 0.300. The minimum atomic E-state index is -0.300. The number of nitrogens with zero attached hydrogens (tertiary/aromatic N) is 2. The Hall–Kier alpha value is -4.62. The van der Waals surface area contributed by atoms with Crippen LogP contribution >= 0.6 is 11.6 Å². The molecule has 0 saturated carbocycles. The van der Waals surface area contributed by atoms with E-state index in [1.807, 2.05) is 72.8 Å². The zero-order valence-electron chi connectivity index (χ0n) is 19.8. The Kier molecular flexibility index (Phi) is 6.04. The Morgan fingerprint density at radius 2 is 1.62 bits per heavy atom. The lowest BCUT2D eigenvalue weighted by Gasteiger charge is -2.15. The predicted molar refractivity (Wildman–Crippen MR) is 150 cm³/mol. The molecule has 0 spiro atoms. The van der Waals surface area contributed by atoms with Crippen LogP contribution in [0.5, 0.6) is 0 Å². The van der Waals surface area contributed by atoms with E-state index in [0.29, 0.717) is 16.8 Å². The van der Waals surface area contributed by atoms with Crippen LogP contribution in [0, 0.1) is 0 Å². The third-order valence-electron chi connectivity index (χ3n) is 6.26. The number of anilines is 6. The van der Waals surface area contributed by atoms with E-state index in [1.165, 1.54) is 0 Å². The summed E-state index contributed by atoms with van der Waals surface area (Å²) in [5.74, 6) is 0.946. The van der Waals surface area contributed by atoms with Crippen molar-refractivity contribution >= 4 is 62.9 Å². The topological polar surface area (TPSA) is 91.0 Å². The molecule has 7 nitrogen and oxygen atoms in total. The molecule has 0 fully saturated rings. The summed E-state index contributed by atoms with van der Waals surface area (Å²) in [5.41, 5.74) is 5.34. The first kappa shape index (κ1) is 22.8. The number of rotatable bonds is 2. The van der Waals surface area contributed by atoms with Gasteiger partial charge in [0.2, 0.25) is 5.95 Å². The fourth-order valence-electron chi connectivity index (χ4n) is 4.47. The molecule has 37 heavy (non-hydrogen) atoms. The highest BCUT2D eigenvalue weighted by Crippen LogP contribution is 2.30. The first-order valence-electron chi connectivity index (χ1n) is 11.9. The third kappa shape index (κ3) is 5.03. The maximum Gasteiger partial charge on any atom is 0.323 e. The normalized spacial score (nSPS) is 12.2. The third-order valence-corrected chi connectivity index (χ3v) is 6.54. The van der Waals surface area contributed by atoms with Crippen molar-refractivity contribution in [3.05, 3.63) is 107 Å². The molecule has 6 rings (SSSR count). The average Bonchev–Trinajstić information content (AvgIpc) is 2.91.